The zero-order valence-electron chi connectivity index (χ0n) is 16.0. The predicted molar refractivity (Wildman–Crippen MR) is 99.5 cm³/mol. The minimum atomic E-state index is -1.65. The zero-order valence-corrected chi connectivity index (χ0v) is 16.0. The molecule has 10 atom stereocenters. The molecular weight excluding hydrogens is 386 g/mol. The predicted octanol–water partition coefficient (Wildman–Crippen LogP) is -3.11. The first-order valence-electron chi connectivity index (χ1n) is 9.93. The van der Waals surface area contributed by atoms with Crippen molar-refractivity contribution < 1.29 is 45.2 Å². The third-order valence-corrected chi connectivity index (χ3v) is 5.76. The highest BCUT2D eigenvalue weighted by molar-refractivity contribution is 5.23. The smallest absolute Gasteiger partial charge is 0.187 e. The van der Waals surface area contributed by atoms with Crippen molar-refractivity contribution in [2.24, 2.45) is 0 Å². The Morgan fingerprint density at radius 1 is 1.00 bits per heavy atom. The van der Waals surface area contributed by atoms with E-state index in [4.69, 9.17) is 9.47 Å². The van der Waals surface area contributed by atoms with E-state index in [1.54, 1.807) is 6.08 Å². The van der Waals surface area contributed by atoms with E-state index in [-0.39, 0.29) is 11.6 Å². The standard InChI is InChI=1S/C19H31NO9/c21-7-9-6-11(20-10-4-2-1-3-5-10)13(23)16(26)18(9)29-19-17(27)15(25)14(24)12(8-22)28-19/h2,4,6,10-27H,1,3,5,7-8H2/t10-,11+,12-,13+,14-,15+,16-,17-,18-,19-/m1/s1. The summed E-state index contributed by atoms with van der Waals surface area (Å²) in [6.07, 6.45) is -2.85. The Labute approximate surface area is 168 Å². The van der Waals surface area contributed by atoms with Crippen molar-refractivity contribution in [1.29, 1.82) is 0 Å². The second kappa shape index (κ2) is 9.92. The van der Waals surface area contributed by atoms with E-state index in [9.17, 15) is 35.7 Å². The summed E-state index contributed by atoms with van der Waals surface area (Å²) >= 11 is 0. The van der Waals surface area contributed by atoms with Crippen LogP contribution in [0.1, 0.15) is 19.3 Å². The maximum absolute atomic E-state index is 10.6. The molecule has 0 spiro atoms. The molecule has 0 aromatic carbocycles. The molecule has 0 aromatic heterocycles. The third-order valence-electron chi connectivity index (χ3n) is 5.76. The molecule has 3 aliphatic rings. The first-order chi connectivity index (χ1) is 13.9. The maximum atomic E-state index is 10.6. The summed E-state index contributed by atoms with van der Waals surface area (Å²) in [6.45, 7) is -1.09. The van der Waals surface area contributed by atoms with Crippen LogP contribution in [0.25, 0.3) is 0 Å². The van der Waals surface area contributed by atoms with Gasteiger partial charge < -0.3 is 50.5 Å². The largest absolute Gasteiger partial charge is 0.394 e. The molecule has 1 saturated heterocycles. The van der Waals surface area contributed by atoms with Crippen LogP contribution in [0.3, 0.4) is 0 Å². The number of aliphatic hydroxyl groups excluding tert-OH is 7. The summed E-state index contributed by atoms with van der Waals surface area (Å²) in [5.74, 6) is 0. The summed E-state index contributed by atoms with van der Waals surface area (Å²) in [4.78, 5) is 0. The molecule has 0 aromatic rings. The van der Waals surface area contributed by atoms with Gasteiger partial charge in [0.25, 0.3) is 0 Å². The minimum Gasteiger partial charge on any atom is -0.394 e. The van der Waals surface area contributed by atoms with Crippen molar-refractivity contribution in [1.82, 2.24) is 5.32 Å². The van der Waals surface area contributed by atoms with E-state index in [1.807, 2.05) is 6.08 Å². The number of rotatable bonds is 6. The fourth-order valence-corrected chi connectivity index (χ4v) is 4.01. The summed E-state index contributed by atoms with van der Waals surface area (Å²) in [5, 5.41) is 73.4. The summed E-state index contributed by atoms with van der Waals surface area (Å²) < 4.78 is 10.9. The molecule has 1 fully saturated rings. The number of allylic oxidation sites excluding steroid dienone is 1. The number of nitrogens with one attached hydrogen (secondary N) is 1. The van der Waals surface area contributed by atoms with Gasteiger partial charge in [0, 0.05) is 6.04 Å². The van der Waals surface area contributed by atoms with Crippen LogP contribution in [0, 0.1) is 0 Å². The molecule has 2 aliphatic carbocycles. The van der Waals surface area contributed by atoms with Gasteiger partial charge in [-0.2, -0.15) is 0 Å². The van der Waals surface area contributed by atoms with E-state index in [2.05, 4.69) is 11.4 Å². The lowest BCUT2D eigenvalue weighted by atomic mass is 9.87. The van der Waals surface area contributed by atoms with Gasteiger partial charge in [-0.3, -0.25) is 0 Å². The highest BCUT2D eigenvalue weighted by Crippen LogP contribution is 2.29. The second-order valence-electron chi connectivity index (χ2n) is 7.79. The quantitative estimate of drug-likeness (QED) is 0.207. The summed E-state index contributed by atoms with van der Waals surface area (Å²) in [7, 11) is 0. The van der Waals surface area contributed by atoms with Gasteiger partial charge in [0.15, 0.2) is 6.29 Å². The van der Waals surface area contributed by atoms with Gasteiger partial charge in [-0.1, -0.05) is 18.2 Å². The lowest BCUT2D eigenvalue weighted by molar-refractivity contribution is -0.316. The summed E-state index contributed by atoms with van der Waals surface area (Å²) in [5.41, 5.74) is 0.275. The Kier molecular flexibility index (Phi) is 7.79. The monoisotopic (exact) mass is 417 g/mol. The topological polar surface area (TPSA) is 172 Å². The van der Waals surface area contributed by atoms with Crippen LogP contribution in [0.4, 0.5) is 0 Å². The van der Waals surface area contributed by atoms with Crippen molar-refractivity contribution in [3.63, 3.8) is 0 Å². The van der Waals surface area contributed by atoms with Crippen LogP contribution in [0.5, 0.6) is 0 Å². The fraction of sp³-hybridized carbons (Fsp3) is 0.789. The van der Waals surface area contributed by atoms with Crippen LogP contribution in [0.2, 0.25) is 0 Å². The maximum Gasteiger partial charge on any atom is 0.187 e. The lowest BCUT2D eigenvalue weighted by Gasteiger charge is -2.44. The summed E-state index contributed by atoms with van der Waals surface area (Å²) in [6, 6.07) is -0.579. The van der Waals surface area contributed by atoms with Crippen LogP contribution in [-0.4, -0.2) is 110 Å². The molecule has 3 rings (SSSR count). The van der Waals surface area contributed by atoms with Crippen LogP contribution >= 0.6 is 0 Å². The van der Waals surface area contributed by atoms with E-state index in [1.165, 1.54) is 0 Å². The van der Waals surface area contributed by atoms with E-state index in [0.717, 1.165) is 19.3 Å². The molecule has 0 amide bonds. The van der Waals surface area contributed by atoms with Crippen molar-refractivity contribution in [3.05, 3.63) is 23.8 Å². The molecule has 1 heterocycles. The highest BCUT2D eigenvalue weighted by Gasteiger charge is 2.47. The van der Waals surface area contributed by atoms with E-state index >= 15 is 0 Å². The van der Waals surface area contributed by atoms with Gasteiger partial charge in [-0.25, -0.2) is 0 Å². The molecule has 0 radical (unpaired) electrons. The SMILES string of the molecule is OCC1=C[C@H](N[C@@H]2C=CCCC2)[C@H](O)[C@@H](O)[C@@H]1O[C@H]1O[C@H](CO)[C@@H](O)[C@H](O)[C@H]1O. The average Bonchev–Trinajstić information content (AvgIpc) is 2.74. The highest BCUT2D eigenvalue weighted by atomic mass is 16.7. The Morgan fingerprint density at radius 3 is 2.38 bits per heavy atom. The number of ether oxygens (including phenoxy) is 2. The second-order valence-corrected chi connectivity index (χ2v) is 7.79. The van der Waals surface area contributed by atoms with E-state index in [0.29, 0.717) is 0 Å². The Hall–Kier alpha value is -0.920. The van der Waals surface area contributed by atoms with Crippen molar-refractivity contribution in [3.8, 4) is 0 Å². The number of aliphatic hydroxyl groups is 7. The number of hydrogen-bond acceptors (Lipinski definition) is 10. The Balaban J connectivity index is 1.74. The minimum absolute atomic E-state index is 0.0368. The van der Waals surface area contributed by atoms with Gasteiger partial charge in [-0.05, 0) is 24.8 Å². The third kappa shape index (κ3) is 4.88. The Morgan fingerprint density at radius 2 is 1.76 bits per heavy atom. The van der Waals surface area contributed by atoms with Gasteiger partial charge in [0.1, 0.15) is 42.7 Å². The normalized spacial score (nSPS) is 45.8. The van der Waals surface area contributed by atoms with Crippen LogP contribution in [0.15, 0.2) is 23.8 Å². The van der Waals surface area contributed by atoms with Gasteiger partial charge >= 0.3 is 0 Å². The van der Waals surface area contributed by atoms with Gasteiger partial charge in [0.2, 0.25) is 0 Å². The van der Waals surface area contributed by atoms with Gasteiger partial charge in [-0.15, -0.1) is 0 Å². The molecule has 29 heavy (non-hydrogen) atoms. The molecule has 10 nitrogen and oxygen atoms in total. The molecule has 0 unspecified atom stereocenters. The van der Waals surface area contributed by atoms with E-state index < -0.39 is 68.3 Å². The molecule has 0 bridgehead atoms. The lowest BCUT2D eigenvalue weighted by Crippen LogP contribution is -2.62. The first kappa shape index (κ1) is 22.8. The molecule has 166 valence electrons. The first-order valence-corrected chi connectivity index (χ1v) is 9.93. The zero-order chi connectivity index (χ0) is 21.1. The molecule has 10 heteroatoms. The number of hydrogen-bond donors (Lipinski definition) is 8. The fourth-order valence-electron chi connectivity index (χ4n) is 4.01. The molecule has 8 N–H and O–H groups in total. The van der Waals surface area contributed by atoms with Crippen LogP contribution < -0.4 is 5.32 Å². The Bertz CT molecular complexity index is 598. The van der Waals surface area contributed by atoms with Crippen molar-refractivity contribution >= 4 is 0 Å². The molecule has 1 aliphatic heterocycles. The molecule has 0 saturated carbocycles. The van der Waals surface area contributed by atoms with Crippen molar-refractivity contribution in [2.45, 2.75) is 80.4 Å². The van der Waals surface area contributed by atoms with Gasteiger partial charge in [0.05, 0.1) is 19.3 Å². The van der Waals surface area contributed by atoms with Crippen LogP contribution in [-0.2, 0) is 9.47 Å². The van der Waals surface area contributed by atoms with Crippen molar-refractivity contribution in [2.75, 3.05) is 13.2 Å². The molecular formula is C19H31NO9. The average molecular weight is 417 g/mol.